The Hall–Kier alpha value is -2.82. The predicted octanol–water partition coefficient (Wildman–Crippen LogP) is 2.71. The number of alkyl halides is 2. The summed E-state index contributed by atoms with van der Waals surface area (Å²) >= 11 is 0. The van der Waals surface area contributed by atoms with E-state index in [1.807, 2.05) is 0 Å². The van der Waals surface area contributed by atoms with Crippen LogP contribution in [0.5, 0.6) is 0 Å². The fourth-order valence-corrected chi connectivity index (χ4v) is 2.52. The van der Waals surface area contributed by atoms with Crippen molar-refractivity contribution in [1.29, 1.82) is 0 Å². The molecule has 0 aliphatic heterocycles. The maximum absolute atomic E-state index is 13.6. The van der Waals surface area contributed by atoms with Crippen molar-refractivity contribution in [3.63, 3.8) is 0 Å². The van der Waals surface area contributed by atoms with Gasteiger partial charge < -0.3 is 5.21 Å². The van der Waals surface area contributed by atoms with Gasteiger partial charge in [-0.1, -0.05) is 16.7 Å². The van der Waals surface area contributed by atoms with E-state index in [-0.39, 0.29) is 29.2 Å². The molecule has 8 heteroatoms. The molecule has 2 rings (SSSR count). The van der Waals surface area contributed by atoms with Gasteiger partial charge in [-0.3, -0.25) is 0 Å². The zero-order valence-corrected chi connectivity index (χ0v) is 13.7. The van der Waals surface area contributed by atoms with Crippen LogP contribution in [-0.2, 0) is 12.3 Å². The Morgan fingerprint density at radius 2 is 2.08 bits per heavy atom. The van der Waals surface area contributed by atoms with Gasteiger partial charge in [0.2, 0.25) is 5.69 Å². The second-order valence-corrected chi connectivity index (χ2v) is 5.52. The number of nitrogens with zero attached hydrogens (tertiary/aromatic N) is 4. The smallest absolute Gasteiger partial charge is 0.363 e. The number of aromatic nitrogens is 3. The summed E-state index contributed by atoms with van der Waals surface area (Å²) < 4.78 is 28.5. The molecule has 0 bridgehead atoms. The molecule has 24 heavy (non-hydrogen) atoms. The monoisotopic (exact) mass is 334 g/mol. The van der Waals surface area contributed by atoms with Crippen LogP contribution >= 0.6 is 0 Å². The van der Waals surface area contributed by atoms with E-state index in [2.05, 4.69) is 9.94 Å². The van der Waals surface area contributed by atoms with Gasteiger partial charge in [0, 0.05) is 12.5 Å². The van der Waals surface area contributed by atoms with Crippen LogP contribution in [0.25, 0.3) is 10.7 Å². The topological polar surface area (TPSA) is 66.2 Å². The molecule has 0 spiro atoms. The average Bonchev–Trinajstić information content (AvgIpc) is 2.51. The normalized spacial score (nSPS) is 11.4. The van der Waals surface area contributed by atoms with Crippen molar-refractivity contribution < 1.29 is 13.5 Å². The quantitative estimate of drug-likeness (QED) is 0.492. The number of hydrogen-bond acceptors (Lipinski definition) is 3. The summed E-state index contributed by atoms with van der Waals surface area (Å²) in [6.45, 7) is 12.3. The second-order valence-electron chi connectivity index (χ2n) is 5.52. The molecule has 0 aliphatic rings. The summed E-state index contributed by atoms with van der Waals surface area (Å²) in [6.07, 6.45) is 0.995. The first-order chi connectivity index (χ1) is 11.1. The van der Waals surface area contributed by atoms with Crippen molar-refractivity contribution in [2.75, 3.05) is 0 Å². The van der Waals surface area contributed by atoms with Gasteiger partial charge in [0.1, 0.15) is 5.69 Å². The molecule has 0 N–H and O–H groups in total. The maximum atomic E-state index is 13.6. The third-order valence-electron chi connectivity index (χ3n) is 3.80. The largest absolute Gasteiger partial charge is 0.711 e. The van der Waals surface area contributed by atoms with E-state index >= 15 is 0 Å². The molecule has 0 aliphatic carbocycles. The zero-order chi connectivity index (χ0) is 18.2. The number of rotatable bonds is 3. The average molecular weight is 334 g/mol. The van der Waals surface area contributed by atoms with Crippen LogP contribution in [0.2, 0.25) is 0 Å². The zero-order valence-electron chi connectivity index (χ0n) is 13.7. The van der Waals surface area contributed by atoms with Crippen LogP contribution in [0, 0.1) is 25.6 Å². The lowest BCUT2D eigenvalue weighted by Crippen LogP contribution is -2.42. The molecule has 0 aromatic carbocycles. The Morgan fingerprint density at radius 3 is 2.58 bits per heavy atom. The van der Waals surface area contributed by atoms with Crippen LogP contribution < -0.4 is 10.3 Å². The summed E-state index contributed by atoms with van der Waals surface area (Å²) in [5.41, 5.74) is -0.679. The van der Waals surface area contributed by atoms with Crippen molar-refractivity contribution in [2.24, 2.45) is 0 Å². The van der Waals surface area contributed by atoms with Gasteiger partial charge in [-0.15, -0.1) is 0 Å². The Morgan fingerprint density at radius 1 is 1.46 bits per heavy atom. The first-order valence-corrected chi connectivity index (χ1v) is 7.24. The lowest BCUT2D eigenvalue weighted by Gasteiger charge is -2.16. The molecule has 6 nitrogen and oxygen atoms in total. The summed E-state index contributed by atoms with van der Waals surface area (Å²) in [4.78, 5) is 15.8. The highest BCUT2D eigenvalue weighted by Crippen LogP contribution is 2.28. The third-order valence-corrected chi connectivity index (χ3v) is 3.80. The maximum Gasteiger partial charge on any atom is 0.363 e. The molecule has 2 aromatic rings. The molecule has 0 amide bonds. The van der Waals surface area contributed by atoms with Crippen LogP contribution in [0.15, 0.2) is 17.1 Å². The van der Waals surface area contributed by atoms with Gasteiger partial charge in [0.15, 0.2) is 0 Å². The fraction of sp³-hybridized carbons (Fsp3) is 0.375. The van der Waals surface area contributed by atoms with Crippen molar-refractivity contribution >= 4 is 5.69 Å². The fourth-order valence-electron chi connectivity index (χ4n) is 2.52. The van der Waals surface area contributed by atoms with Crippen molar-refractivity contribution in [3.8, 4) is 5.82 Å². The Balaban J connectivity index is 2.84. The number of pyridine rings is 1. The van der Waals surface area contributed by atoms with Gasteiger partial charge >= 0.3 is 11.4 Å². The van der Waals surface area contributed by atoms with Crippen molar-refractivity contribution in [3.05, 3.63) is 61.6 Å². The van der Waals surface area contributed by atoms with Crippen molar-refractivity contribution in [2.45, 2.75) is 40.0 Å². The second kappa shape index (κ2) is 6.00. The minimum atomic E-state index is -3.21. The van der Waals surface area contributed by atoms with E-state index in [0.29, 0.717) is 17.2 Å². The number of hydrogen-bond donors (Lipinski definition) is 0. The van der Waals surface area contributed by atoms with E-state index in [9.17, 15) is 18.8 Å². The van der Waals surface area contributed by atoms with Crippen molar-refractivity contribution in [1.82, 2.24) is 9.78 Å². The van der Waals surface area contributed by atoms with Crippen LogP contribution in [0.1, 0.15) is 36.2 Å². The minimum absolute atomic E-state index is 0.0805. The Bertz CT molecular complexity index is 908. The highest BCUT2D eigenvalue weighted by Gasteiger charge is 2.32. The summed E-state index contributed by atoms with van der Waals surface area (Å²) in [5.74, 6) is -3.30. The lowest BCUT2D eigenvalue weighted by atomic mass is 10.0. The molecule has 0 unspecified atom stereocenters. The lowest BCUT2D eigenvalue weighted by molar-refractivity contribution is -0.606. The first-order valence-electron chi connectivity index (χ1n) is 7.24. The van der Waals surface area contributed by atoms with E-state index in [1.165, 1.54) is 13.0 Å². The molecule has 0 radical (unpaired) electrons. The van der Waals surface area contributed by atoms with Crippen LogP contribution in [0.4, 0.5) is 14.5 Å². The molecule has 2 aromatic heterocycles. The van der Waals surface area contributed by atoms with Crippen LogP contribution in [-0.4, -0.2) is 9.78 Å². The highest BCUT2D eigenvalue weighted by molar-refractivity contribution is 5.51. The SMILES string of the molecule is [C-]#[N+]c1cc(C)c(-n2ncc(C(C)(F)F)c(CC)c2=O)[n+]([O-])c1C. The highest BCUT2D eigenvalue weighted by atomic mass is 19.3. The van der Waals surface area contributed by atoms with Gasteiger partial charge in [-0.2, -0.15) is 0 Å². The summed E-state index contributed by atoms with van der Waals surface area (Å²) in [6, 6.07) is 1.47. The molecule has 0 saturated heterocycles. The van der Waals surface area contributed by atoms with Gasteiger partial charge in [0.25, 0.3) is 5.92 Å². The van der Waals surface area contributed by atoms with Gasteiger partial charge in [-0.05, 0) is 26.3 Å². The minimum Gasteiger partial charge on any atom is -0.711 e. The van der Waals surface area contributed by atoms with E-state index in [0.717, 1.165) is 10.9 Å². The van der Waals surface area contributed by atoms with Crippen LogP contribution in [0.3, 0.4) is 0 Å². The molecule has 2 heterocycles. The Kier molecular flexibility index (Phi) is 4.38. The van der Waals surface area contributed by atoms with E-state index < -0.39 is 17.0 Å². The van der Waals surface area contributed by atoms with E-state index in [1.54, 1.807) is 13.8 Å². The molecule has 0 fully saturated rings. The molecular weight excluding hydrogens is 318 g/mol. The Labute approximate surface area is 137 Å². The summed E-state index contributed by atoms with van der Waals surface area (Å²) in [7, 11) is 0. The predicted molar refractivity (Wildman–Crippen MR) is 83.5 cm³/mol. The molecule has 126 valence electrons. The standard InChI is InChI=1S/C16H16F2N4O2/c1-6-11-12(16(4,17)18)8-20-21(15(11)23)14-9(2)7-13(19-5)10(3)22(14)24/h7-8H,6H2,1-4H3. The third kappa shape index (κ3) is 2.73. The summed E-state index contributed by atoms with van der Waals surface area (Å²) in [5, 5.41) is 16.2. The number of halogens is 2. The van der Waals surface area contributed by atoms with Gasteiger partial charge in [-0.25, -0.2) is 23.2 Å². The van der Waals surface area contributed by atoms with Gasteiger partial charge in [0.05, 0.1) is 23.9 Å². The molecule has 0 atom stereocenters. The number of aryl methyl sites for hydroxylation is 1. The first kappa shape index (κ1) is 17.5. The molecule has 0 saturated carbocycles. The molecular formula is C16H16F2N4O2. The van der Waals surface area contributed by atoms with E-state index in [4.69, 9.17) is 6.57 Å².